The highest BCUT2D eigenvalue weighted by Crippen LogP contribution is 2.35. The second-order valence-corrected chi connectivity index (χ2v) is 6.82. The van der Waals surface area contributed by atoms with Crippen molar-refractivity contribution in [2.45, 2.75) is 13.3 Å². The van der Waals surface area contributed by atoms with Crippen molar-refractivity contribution in [1.29, 1.82) is 0 Å². The Morgan fingerprint density at radius 1 is 1.19 bits per heavy atom. The van der Waals surface area contributed by atoms with E-state index in [0.29, 0.717) is 5.39 Å². The van der Waals surface area contributed by atoms with Crippen LogP contribution in [-0.4, -0.2) is 21.0 Å². The molecule has 0 saturated carbocycles. The van der Waals surface area contributed by atoms with Crippen LogP contribution in [0.1, 0.15) is 23.0 Å². The number of nitrogens with one attached hydrogen (secondary N) is 1. The number of benzene rings is 2. The van der Waals surface area contributed by atoms with Crippen LogP contribution in [0, 0.1) is 0 Å². The number of fused-ring (bicyclic) bond motifs is 1. The number of para-hydroxylation sites is 1. The van der Waals surface area contributed by atoms with Crippen LogP contribution in [0.5, 0.6) is 5.88 Å². The summed E-state index contributed by atoms with van der Waals surface area (Å²) < 4.78 is 0. The summed E-state index contributed by atoms with van der Waals surface area (Å²) in [5.41, 5.74) is 3.41. The monoisotopic (exact) mass is 376 g/mol. The fraction of sp³-hybridized carbons (Fsp3) is 0.100. The molecule has 0 atom stereocenters. The van der Waals surface area contributed by atoms with Gasteiger partial charge >= 0.3 is 5.91 Å². The van der Waals surface area contributed by atoms with Crippen LogP contribution in [-0.2, 0) is 6.42 Å². The zero-order valence-corrected chi connectivity index (χ0v) is 15.3. The summed E-state index contributed by atoms with van der Waals surface area (Å²) in [5.74, 6) is -0.671. The van der Waals surface area contributed by atoms with Gasteiger partial charge in [-0.15, -0.1) is 21.6 Å². The second-order valence-electron chi connectivity index (χ2n) is 5.96. The third kappa shape index (κ3) is 3.37. The van der Waals surface area contributed by atoms with E-state index in [4.69, 9.17) is 0 Å². The van der Waals surface area contributed by atoms with Crippen LogP contribution >= 0.6 is 11.3 Å². The molecular formula is C20H16N4O2S. The van der Waals surface area contributed by atoms with Gasteiger partial charge in [0.1, 0.15) is 10.7 Å². The molecule has 27 heavy (non-hydrogen) atoms. The number of aryl methyl sites for hydroxylation is 1. The smallest absolute Gasteiger partial charge is 0.314 e. The fourth-order valence-corrected chi connectivity index (χ4v) is 3.55. The number of aromatic amines is 1. The van der Waals surface area contributed by atoms with Crippen molar-refractivity contribution in [1.82, 2.24) is 9.97 Å². The van der Waals surface area contributed by atoms with Crippen LogP contribution in [0.15, 0.2) is 64.1 Å². The molecule has 0 spiro atoms. The molecule has 134 valence electrons. The normalized spacial score (nSPS) is 11.4. The summed E-state index contributed by atoms with van der Waals surface area (Å²) in [7, 11) is 0. The van der Waals surface area contributed by atoms with Gasteiger partial charge in [0, 0.05) is 16.3 Å². The number of rotatable bonds is 4. The summed E-state index contributed by atoms with van der Waals surface area (Å²) in [6, 6.07) is 15.4. The van der Waals surface area contributed by atoms with Crippen LogP contribution in [0.4, 0.5) is 5.69 Å². The molecule has 1 amide bonds. The van der Waals surface area contributed by atoms with E-state index in [0.717, 1.165) is 22.5 Å². The number of H-pyrrole nitrogens is 1. The molecule has 2 N–H and O–H groups in total. The Bertz CT molecular complexity index is 1140. The van der Waals surface area contributed by atoms with Crippen molar-refractivity contribution in [3.05, 3.63) is 65.2 Å². The Morgan fingerprint density at radius 3 is 2.74 bits per heavy atom. The minimum atomic E-state index is -0.549. The first-order valence-electron chi connectivity index (χ1n) is 8.46. The number of carbonyl (C=O) groups excluding carboxylic acids is 1. The van der Waals surface area contributed by atoms with Crippen molar-refractivity contribution in [2.75, 3.05) is 0 Å². The van der Waals surface area contributed by atoms with E-state index in [1.165, 1.54) is 16.9 Å². The molecule has 6 nitrogen and oxygen atoms in total. The minimum Gasteiger partial charge on any atom is -0.493 e. The molecular weight excluding hydrogens is 360 g/mol. The third-order valence-electron chi connectivity index (χ3n) is 4.23. The zero-order chi connectivity index (χ0) is 18.8. The number of hydrogen-bond acceptors (Lipinski definition) is 5. The Balaban J connectivity index is 1.57. The molecule has 4 rings (SSSR count). The van der Waals surface area contributed by atoms with Gasteiger partial charge in [0.15, 0.2) is 5.69 Å². The quantitative estimate of drug-likeness (QED) is 0.462. The van der Waals surface area contributed by atoms with Gasteiger partial charge in [-0.05, 0) is 18.1 Å². The van der Waals surface area contributed by atoms with E-state index in [1.807, 2.05) is 30.3 Å². The van der Waals surface area contributed by atoms with Gasteiger partial charge < -0.3 is 10.1 Å². The number of aromatic nitrogens is 2. The van der Waals surface area contributed by atoms with Gasteiger partial charge in [-0.25, -0.2) is 4.98 Å². The highest BCUT2D eigenvalue weighted by molar-refractivity contribution is 7.13. The van der Waals surface area contributed by atoms with Gasteiger partial charge in [0.25, 0.3) is 0 Å². The topological polar surface area (TPSA) is 90.7 Å². The number of hydrogen-bond donors (Lipinski definition) is 2. The molecule has 0 radical (unpaired) electrons. The van der Waals surface area contributed by atoms with E-state index in [2.05, 4.69) is 39.3 Å². The van der Waals surface area contributed by atoms with E-state index in [-0.39, 0.29) is 17.3 Å². The molecule has 7 heteroatoms. The van der Waals surface area contributed by atoms with Gasteiger partial charge in [-0.2, -0.15) is 0 Å². The average Bonchev–Trinajstić information content (AvgIpc) is 3.31. The summed E-state index contributed by atoms with van der Waals surface area (Å²) in [6.45, 7) is 2.10. The number of aromatic hydroxyl groups is 1. The molecule has 0 saturated heterocycles. The highest BCUT2D eigenvalue weighted by atomic mass is 32.1. The predicted molar refractivity (Wildman–Crippen MR) is 106 cm³/mol. The molecule has 2 aromatic heterocycles. The standard InChI is InChI=1S/C20H16N4O2S/c1-2-12-7-9-13(10-8-12)20-22-16(11-27-20)18(25)24-23-17-14-5-3-4-6-15(14)21-19(17)26/h3-11,21,26H,2H2,1H3. The van der Waals surface area contributed by atoms with Gasteiger partial charge in [0.2, 0.25) is 5.88 Å². The number of amides is 1. The lowest BCUT2D eigenvalue weighted by Crippen LogP contribution is -1.93. The number of thiazole rings is 1. The van der Waals surface area contributed by atoms with E-state index in [9.17, 15) is 9.90 Å². The fourth-order valence-electron chi connectivity index (χ4n) is 2.75. The van der Waals surface area contributed by atoms with E-state index in [1.54, 1.807) is 11.4 Å². The van der Waals surface area contributed by atoms with Crippen LogP contribution in [0.3, 0.4) is 0 Å². The second kappa shape index (κ2) is 7.13. The largest absolute Gasteiger partial charge is 0.493 e. The first-order valence-corrected chi connectivity index (χ1v) is 9.34. The minimum absolute atomic E-state index is 0.122. The Hall–Kier alpha value is -3.32. The molecule has 0 aliphatic carbocycles. The molecule has 2 aromatic carbocycles. The lowest BCUT2D eigenvalue weighted by molar-refractivity contribution is 0.0991. The summed E-state index contributed by atoms with van der Waals surface area (Å²) in [4.78, 5) is 19.5. The first-order chi connectivity index (χ1) is 13.2. The number of carbonyl (C=O) groups is 1. The summed E-state index contributed by atoms with van der Waals surface area (Å²) in [5, 5.41) is 20.8. The maximum absolute atomic E-state index is 12.3. The van der Waals surface area contributed by atoms with Crippen LogP contribution in [0.25, 0.3) is 21.5 Å². The molecule has 4 aromatic rings. The predicted octanol–water partition coefficient (Wildman–Crippen LogP) is 5.48. The summed E-state index contributed by atoms with van der Waals surface area (Å²) >= 11 is 1.38. The number of azo groups is 1. The van der Waals surface area contributed by atoms with E-state index >= 15 is 0 Å². The average molecular weight is 376 g/mol. The lowest BCUT2D eigenvalue weighted by atomic mass is 10.1. The maximum Gasteiger partial charge on any atom is 0.314 e. The van der Waals surface area contributed by atoms with Crippen molar-refractivity contribution >= 4 is 33.8 Å². The molecule has 0 unspecified atom stereocenters. The Kier molecular flexibility index (Phi) is 4.52. The molecule has 0 aliphatic heterocycles. The molecule has 0 bridgehead atoms. The van der Waals surface area contributed by atoms with Gasteiger partial charge in [-0.3, -0.25) is 4.79 Å². The van der Waals surface area contributed by atoms with Gasteiger partial charge in [-0.1, -0.05) is 49.4 Å². The zero-order valence-electron chi connectivity index (χ0n) is 14.5. The first kappa shape index (κ1) is 17.1. The Morgan fingerprint density at radius 2 is 1.96 bits per heavy atom. The highest BCUT2D eigenvalue weighted by Gasteiger charge is 2.14. The lowest BCUT2D eigenvalue weighted by Gasteiger charge is -1.98. The summed E-state index contributed by atoms with van der Waals surface area (Å²) in [6.07, 6.45) is 0.975. The van der Waals surface area contributed by atoms with Crippen LogP contribution < -0.4 is 0 Å². The van der Waals surface area contributed by atoms with Crippen LogP contribution in [0.2, 0.25) is 0 Å². The number of nitrogens with zero attached hydrogens (tertiary/aromatic N) is 3. The third-order valence-corrected chi connectivity index (χ3v) is 5.12. The molecule has 2 heterocycles. The molecule has 0 fully saturated rings. The SMILES string of the molecule is CCc1ccc(-c2nc(C(=O)N=Nc3c(O)[nH]c4ccccc34)cs2)cc1. The van der Waals surface area contributed by atoms with Crippen molar-refractivity contribution in [3.8, 4) is 16.5 Å². The van der Waals surface area contributed by atoms with Crippen molar-refractivity contribution < 1.29 is 9.90 Å². The Labute approximate surface area is 159 Å². The van der Waals surface area contributed by atoms with Crippen molar-refractivity contribution in [3.63, 3.8) is 0 Å². The van der Waals surface area contributed by atoms with Crippen molar-refractivity contribution in [2.24, 2.45) is 10.2 Å². The van der Waals surface area contributed by atoms with E-state index < -0.39 is 5.91 Å². The van der Waals surface area contributed by atoms with Gasteiger partial charge in [0.05, 0.1) is 5.52 Å². The maximum atomic E-state index is 12.3. The molecule has 0 aliphatic rings.